The number of nitrogens with two attached hydrogens (primary N) is 1. The van der Waals surface area contributed by atoms with Gasteiger partial charge < -0.3 is 15.9 Å². The Kier molecular flexibility index (Phi) is 15.5. The van der Waals surface area contributed by atoms with E-state index in [1.54, 1.807) is 0 Å². The van der Waals surface area contributed by atoms with E-state index >= 15 is 0 Å². The smallest absolute Gasteiger partial charge is 0.151 e. The van der Waals surface area contributed by atoms with Crippen LogP contribution in [-0.2, 0) is 0 Å². The highest BCUT2D eigenvalue weighted by molar-refractivity contribution is 5.85. The molecule has 18 heavy (non-hydrogen) atoms. The van der Waals surface area contributed by atoms with Crippen LogP contribution in [0.2, 0.25) is 0 Å². The molecule has 0 rings (SSSR count). The minimum absolute atomic E-state index is 0. The predicted molar refractivity (Wildman–Crippen MR) is 79.8 cm³/mol. The SMILES string of the molecule is CCCCCCCCCC(N)C(C)CC(O)O.Cl. The normalized spacial score (nSPS) is 14.3. The number of aliphatic hydroxyl groups excluding tert-OH is 1. The first-order valence-corrected chi connectivity index (χ1v) is 7.19. The van der Waals surface area contributed by atoms with Crippen LogP contribution < -0.4 is 5.73 Å². The lowest BCUT2D eigenvalue weighted by molar-refractivity contribution is -0.0566. The molecule has 0 amide bonds. The molecule has 0 radical (unpaired) electrons. The number of unbranched alkanes of at least 4 members (excludes halogenated alkanes) is 6. The van der Waals surface area contributed by atoms with Crippen molar-refractivity contribution in [2.45, 2.75) is 84.0 Å². The van der Waals surface area contributed by atoms with Crippen molar-refractivity contribution >= 4 is 12.4 Å². The third kappa shape index (κ3) is 12.6. The van der Waals surface area contributed by atoms with Crippen LogP contribution in [0.1, 0.15) is 71.6 Å². The van der Waals surface area contributed by atoms with E-state index in [4.69, 9.17) is 15.9 Å². The molecule has 0 aliphatic rings. The summed E-state index contributed by atoms with van der Waals surface area (Å²) >= 11 is 0. The lowest BCUT2D eigenvalue weighted by Crippen LogP contribution is -2.30. The Hall–Kier alpha value is 0.170. The van der Waals surface area contributed by atoms with Gasteiger partial charge in [-0.25, -0.2) is 0 Å². The van der Waals surface area contributed by atoms with E-state index in [9.17, 15) is 0 Å². The first-order chi connectivity index (χ1) is 8.07. The van der Waals surface area contributed by atoms with Crippen molar-refractivity contribution in [3.63, 3.8) is 0 Å². The average molecular weight is 282 g/mol. The van der Waals surface area contributed by atoms with Crippen LogP contribution in [0.25, 0.3) is 0 Å². The van der Waals surface area contributed by atoms with Crippen molar-refractivity contribution in [3.05, 3.63) is 0 Å². The van der Waals surface area contributed by atoms with Gasteiger partial charge >= 0.3 is 0 Å². The summed E-state index contributed by atoms with van der Waals surface area (Å²) in [6.45, 7) is 4.22. The van der Waals surface area contributed by atoms with Crippen LogP contribution in [0.4, 0.5) is 0 Å². The number of hydrogen-bond acceptors (Lipinski definition) is 3. The minimum atomic E-state index is -1.22. The van der Waals surface area contributed by atoms with Crippen LogP contribution in [0, 0.1) is 5.92 Å². The highest BCUT2D eigenvalue weighted by Gasteiger charge is 2.14. The predicted octanol–water partition coefficient (Wildman–Crippen LogP) is 3.21. The van der Waals surface area contributed by atoms with Gasteiger partial charge in [0.05, 0.1) is 0 Å². The maximum atomic E-state index is 8.86. The zero-order valence-corrected chi connectivity index (χ0v) is 12.8. The third-order valence-electron chi connectivity index (χ3n) is 3.45. The maximum absolute atomic E-state index is 8.86. The molecule has 4 heteroatoms. The molecule has 3 nitrogen and oxygen atoms in total. The van der Waals surface area contributed by atoms with Crippen molar-refractivity contribution in [3.8, 4) is 0 Å². The molecule has 0 aliphatic heterocycles. The van der Waals surface area contributed by atoms with E-state index in [0.717, 1.165) is 6.42 Å². The Morgan fingerprint density at radius 2 is 1.44 bits per heavy atom. The van der Waals surface area contributed by atoms with Crippen LogP contribution >= 0.6 is 12.4 Å². The number of aliphatic hydroxyl groups is 2. The summed E-state index contributed by atoms with van der Waals surface area (Å²) in [5.74, 6) is 0.190. The van der Waals surface area contributed by atoms with E-state index in [1.807, 2.05) is 6.92 Å². The standard InChI is InChI=1S/C14H31NO2.ClH/c1-3-4-5-6-7-8-9-10-13(15)12(2)11-14(16)17;/h12-14,16-17H,3-11,15H2,1-2H3;1H. The monoisotopic (exact) mass is 281 g/mol. The Labute approximate surface area is 119 Å². The zero-order chi connectivity index (χ0) is 13.1. The second-order valence-electron chi connectivity index (χ2n) is 5.27. The Bertz CT molecular complexity index is 168. The van der Waals surface area contributed by atoms with Crippen molar-refractivity contribution in [1.82, 2.24) is 0 Å². The molecule has 112 valence electrons. The molecule has 0 saturated carbocycles. The van der Waals surface area contributed by atoms with Gasteiger partial charge in [-0.1, -0.05) is 58.8 Å². The lowest BCUT2D eigenvalue weighted by atomic mass is 9.94. The molecule has 0 spiro atoms. The number of rotatable bonds is 11. The molecule has 0 saturated heterocycles. The molecule has 0 aromatic rings. The van der Waals surface area contributed by atoms with Crippen LogP contribution in [-0.4, -0.2) is 22.5 Å². The molecular weight excluding hydrogens is 250 g/mol. The van der Waals surface area contributed by atoms with Gasteiger partial charge in [0.1, 0.15) is 0 Å². The van der Waals surface area contributed by atoms with Crippen molar-refractivity contribution < 1.29 is 10.2 Å². The van der Waals surface area contributed by atoms with Crippen molar-refractivity contribution in [1.29, 1.82) is 0 Å². The minimum Gasteiger partial charge on any atom is -0.368 e. The van der Waals surface area contributed by atoms with Gasteiger partial charge in [0.15, 0.2) is 6.29 Å². The Morgan fingerprint density at radius 1 is 0.944 bits per heavy atom. The van der Waals surface area contributed by atoms with E-state index in [2.05, 4.69) is 6.92 Å². The van der Waals surface area contributed by atoms with Gasteiger partial charge in [-0.15, -0.1) is 12.4 Å². The molecule has 0 fully saturated rings. The molecule has 4 N–H and O–H groups in total. The number of halogens is 1. The van der Waals surface area contributed by atoms with E-state index in [1.165, 1.54) is 44.9 Å². The summed E-state index contributed by atoms with van der Waals surface area (Å²) in [6, 6.07) is 0.104. The van der Waals surface area contributed by atoms with Gasteiger partial charge in [0.25, 0.3) is 0 Å². The summed E-state index contributed by atoms with van der Waals surface area (Å²) in [7, 11) is 0. The Balaban J connectivity index is 0. The highest BCUT2D eigenvalue weighted by Crippen LogP contribution is 2.15. The van der Waals surface area contributed by atoms with Gasteiger partial charge in [-0.3, -0.25) is 0 Å². The quantitative estimate of drug-likeness (QED) is 0.402. The van der Waals surface area contributed by atoms with Crippen molar-refractivity contribution in [2.75, 3.05) is 0 Å². The summed E-state index contributed by atoms with van der Waals surface area (Å²) in [5, 5.41) is 17.7. The largest absolute Gasteiger partial charge is 0.368 e. The molecule has 2 unspecified atom stereocenters. The van der Waals surface area contributed by atoms with Gasteiger partial charge in [-0.2, -0.15) is 0 Å². The molecule has 0 heterocycles. The van der Waals surface area contributed by atoms with Crippen LogP contribution in [0.3, 0.4) is 0 Å². The van der Waals surface area contributed by atoms with Gasteiger partial charge in [0.2, 0.25) is 0 Å². The molecule has 0 aromatic heterocycles. The fraction of sp³-hybridized carbons (Fsp3) is 1.00. The van der Waals surface area contributed by atoms with Crippen molar-refractivity contribution in [2.24, 2.45) is 11.7 Å². The Morgan fingerprint density at radius 3 is 1.94 bits per heavy atom. The van der Waals surface area contributed by atoms with Crippen LogP contribution in [0.15, 0.2) is 0 Å². The molecule has 0 bridgehead atoms. The molecule has 0 aliphatic carbocycles. The summed E-state index contributed by atoms with van der Waals surface area (Å²) in [5.41, 5.74) is 6.01. The second kappa shape index (κ2) is 13.6. The van der Waals surface area contributed by atoms with Crippen LogP contribution in [0.5, 0.6) is 0 Å². The van der Waals surface area contributed by atoms with E-state index in [0.29, 0.717) is 6.42 Å². The maximum Gasteiger partial charge on any atom is 0.151 e. The van der Waals surface area contributed by atoms with E-state index < -0.39 is 6.29 Å². The summed E-state index contributed by atoms with van der Waals surface area (Å²) in [4.78, 5) is 0. The highest BCUT2D eigenvalue weighted by atomic mass is 35.5. The van der Waals surface area contributed by atoms with E-state index in [-0.39, 0.29) is 24.4 Å². The third-order valence-corrected chi connectivity index (χ3v) is 3.45. The second-order valence-corrected chi connectivity index (χ2v) is 5.27. The lowest BCUT2D eigenvalue weighted by Gasteiger charge is -2.20. The van der Waals surface area contributed by atoms with Gasteiger partial charge in [-0.05, 0) is 12.3 Å². The first-order valence-electron chi connectivity index (χ1n) is 7.19. The summed E-state index contributed by atoms with van der Waals surface area (Å²) < 4.78 is 0. The molecule has 2 atom stereocenters. The first kappa shape index (κ1) is 20.5. The topological polar surface area (TPSA) is 66.5 Å². The van der Waals surface area contributed by atoms with Gasteiger partial charge in [0, 0.05) is 12.5 Å². The average Bonchev–Trinajstić information content (AvgIpc) is 2.26. The molecular formula is C14H32ClNO2. The summed E-state index contributed by atoms with van der Waals surface area (Å²) in [6.07, 6.45) is 9.25. The fourth-order valence-electron chi connectivity index (χ4n) is 2.13. The zero-order valence-electron chi connectivity index (χ0n) is 12.0. The number of hydrogen-bond donors (Lipinski definition) is 3. The molecule has 0 aromatic carbocycles. The fourth-order valence-corrected chi connectivity index (χ4v) is 2.13.